The Hall–Kier alpha value is -1.93. The van der Waals surface area contributed by atoms with E-state index in [0.29, 0.717) is 42.7 Å². The van der Waals surface area contributed by atoms with Crippen LogP contribution in [0.4, 0.5) is 13.2 Å². The van der Waals surface area contributed by atoms with Crippen molar-refractivity contribution in [3.63, 3.8) is 0 Å². The lowest BCUT2D eigenvalue weighted by molar-refractivity contribution is -0.0838. The Bertz CT molecular complexity index is 655. The standard InChI is InChI=1S/C19H24F3NO3S/c1-4-6-16(19(20,21)22)27-17(7-5-2)23-18(24)14-8-10-15(11-9-14)26-13-12-25-3/h6-11H,4-5,12-13H2,1-3H3,(H,23,24)/b16-6-,17-7+. The van der Waals surface area contributed by atoms with Crippen LogP contribution in [0.5, 0.6) is 5.75 Å². The average Bonchev–Trinajstić information content (AvgIpc) is 2.61. The molecule has 0 aliphatic rings. The molecule has 0 fully saturated rings. The van der Waals surface area contributed by atoms with Crippen molar-refractivity contribution in [1.82, 2.24) is 5.32 Å². The third-order valence-corrected chi connectivity index (χ3v) is 4.29. The lowest BCUT2D eigenvalue weighted by Crippen LogP contribution is -2.22. The highest BCUT2D eigenvalue weighted by Gasteiger charge is 2.34. The highest BCUT2D eigenvalue weighted by molar-refractivity contribution is 8.06. The first-order valence-electron chi connectivity index (χ1n) is 8.50. The summed E-state index contributed by atoms with van der Waals surface area (Å²) in [6.07, 6.45) is -1.06. The van der Waals surface area contributed by atoms with E-state index in [2.05, 4.69) is 5.32 Å². The summed E-state index contributed by atoms with van der Waals surface area (Å²) in [5.74, 6) is 0.0937. The van der Waals surface area contributed by atoms with Crippen molar-refractivity contribution in [2.45, 2.75) is 32.9 Å². The highest BCUT2D eigenvalue weighted by atomic mass is 32.2. The zero-order valence-corrected chi connectivity index (χ0v) is 16.4. The summed E-state index contributed by atoms with van der Waals surface area (Å²) in [5.41, 5.74) is 0.324. The van der Waals surface area contributed by atoms with Crippen molar-refractivity contribution in [3.05, 3.63) is 51.9 Å². The second-order valence-electron chi connectivity index (χ2n) is 5.37. The van der Waals surface area contributed by atoms with Crippen molar-refractivity contribution in [2.75, 3.05) is 20.3 Å². The molecule has 1 aromatic rings. The molecule has 0 saturated heterocycles. The first kappa shape index (κ1) is 23.1. The molecular formula is C19H24F3NO3S. The molecule has 8 heteroatoms. The van der Waals surface area contributed by atoms with E-state index in [1.54, 1.807) is 51.3 Å². The Morgan fingerprint density at radius 2 is 1.74 bits per heavy atom. The van der Waals surface area contributed by atoms with Gasteiger partial charge in [0.05, 0.1) is 16.5 Å². The average molecular weight is 403 g/mol. The predicted molar refractivity (Wildman–Crippen MR) is 102 cm³/mol. The third-order valence-electron chi connectivity index (χ3n) is 3.19. The van der Waals surface area contributed by atoms with Crippen LogP contribution in [0.3, 0.4) is 0 Å². The zero-order valence-electron chi connectivity index (χ0n) is 15.6. The Kier molecular flexibility index (Phi) is 10.0. The number of carbonyl (C=O) groups is 1. The molecule has 0 aliphatic heterocycles. The fourth-order valence-corrected chi connectivity index (χ4v) is 2.95. The number of methoxy groups -OCH3 is 1. The summed E-state index contributed by atoms with van der Waals surface area (Å²) in [4.78, 5) is 11.6. The zero-order chi connectivity index (χ0) is 20.3. The summed E-state index contributed by atoms with van der Waals surface area (Å²) >= 11 is 0.512. The van der Waals surface area contributed by atoms with Gasteiger partial charge < -0.3 is 14.8 Å². The fraction of sp³-hybridized carbons (Fsp3) is 0.421. The molecule has 0 bridgehead atoms. The normalized spacial score (nSPS) is 12.8. The van der Waals surface area contributed by atoms with Gasteiger partial charge >= 0.3 is 6.18 Å². The number of alkyl halides is 3. The van der Waals surface area contributed by atoms with Gasteiger partial charge in [0.1, 0.15) is 12.4 Å². The Balaban J connectivity index is 2.81. The number of halogens is 3. The van der Waals surface area contributed by atoms with Crippen LogP contribution < -0.4 is 10.1 Å². The molecule has 1 aromatic carbocycles. The van der Waals surface area contributed by atoms with E-state index in [-0.39, 0.29) is 11.4 Å². The smallest absolute Gasteiger partial charge is 0.422 e. The van der Waals surface area contributed by atoms with E-state index < -0.39 is 17.0 Å². The van der Waals surface area contributed by atoms with Gasteiger partial charge in [-0.1, -0.05) is 37.8 Å². The van der Waals surface area contributed by atoms with Crippen LogP contribution in [0.15, 0.2) is 46.4 Å². The van der Waals surface area contributed by atoms with Crippen molar-refractivity contribution in [3.8, 4) is 5.75 Å². The Morgan fingerprint density at radius 1 is 1.11 bits per heavy atom. The quantitative estimate of drug-likeness (QED) is 0.540. The minimum atomic E-state index is -4.46. The molecule has 150 valence electrons. The van der Waals surface area contributed by atoms with Crippen LogP contribution in [0.25, 0.3) is 0 Å². The molecule has 0 heterocycles. The minimum absolute atomic E-state index is 0.153. The molecule has 0 unspecified atom stereocenters. The van der Waals surface area contributed by atoms with Gasteiger partial charge in [-0.2, -0.15) is 13.2 Å². The van der Waals surface area contributed by atoms with Crippen LogP contribution in [0, 0.1) is 0 Å². The maximum absolute atomic E-state index is 13.1. The van der Waals surface area contributed by atoms with Gasteiger partial charge in [-0.05, 0) is 37.1 Å². The van der Waals surface area contributed by atoms with Crippen LogP contribution in [-0.4, -0.2) is 32.4 Å². The maximum atomic E-state index is 13.1. The number of nitrogens with one attached hydrogen (secondary N) is 1. The minimum Gasteiger partial charge on any atom is -0.491 e. The van der Waals surface area contributed by atoms with Crippen molar-refractivity contribution >= 4 is 17.7 Å². The van der Waals surface area contributed by atoms with E-state index in [9.17, 15) is 18.0 Å². The summed E-state index contributed by atoms with van der Waals surface area (Å²) in [6, 6.07) is 6.36. The number of carbonyl (C=O) groups excluding carboxylic acids is 1. The molecule has 0 atom stereocenters. The first-order valence-corrected chi connectivity index (χ1v) is 9.31. The summed E-state index contributed by atoms with van der Waals surface area (Å²) in [7, 11) is 1.57. The highest BCUT2D eigenvalue weighted by Crippen LogP contribution is 2.38. The van der Waals surface area contributed by atoms with Crippen molar-refractivity contribution < 1.29 is 27.4 Å². The molecule has 0 aromatic heterocycles. The predicted octanol–water partition coefficient (Wildman–Crippen LogP) is 5.28. The molecule has 0 radical (unpaired) electrons. The molecule has 27 heavy (non-hydrogen) atoms. The van der Waals surface area contributed by atoms with Gasteiger partial charge in [-0.25, -0.2) is 0 Å². The number of benzene rings is 1. The summed E-state index contributed by atoms with van der Waals surface area (Å²) in [6.45, 7) is 4.24. The monoisotopic (exact) mass is 403 g/mol. The topological polar surface area (TPSA) is 47.6 Å². The molecule has 4 nitrogen and oxygen atoms in total. The first-order chi connectivity index (χ1) is 12.8. The third kappa shape index (κ3) is 8.53. The number of rotatable bonds is 10. The number of hydrogen-bond donors (Lipinski definition) is 1. The second-order valence-corrected chi connectivity index (χ2v) is 6.46. The molecule has 0 aliphatic carbocycles. The number of allylic oxidation sites excluding steroid dienone is 3. The fourth-order valence-electron chi connectivity index (χ4n) is 1.95. The largest absolute Gasteiger partial charge is 0.491 e. The van der Waals surface area contributed by atoms with Gasteiger partial charge in [0, 0.05) is 12.7 Å². The number of thioether (sulfide) groups is 1. The van der Waals surface area contributed by atoms with Crippen LogP contribution in [0.1, 0.15) is 37.0 Å². The number of hydrogen-bond acceptors (Lipinski definition) is 4. The van der Waals surface area contributed by atoms with E-state index in [1.165, 1.54) is 0 Å². The molecule has 1 amide bonds. The van der Waals surface area contributed by atoms with E-state index in [0.717, 1.165) is 6.08 Å². The Labute approximate surface area is 161 Å². The lowest BCUT2D eigenvalue weighted by atomic mass is 10.2. The molecule has 1 N–H and O–H groups in total. The summed E-state index contributed by atoms with van der Waals surface area (Å²) in [5, 5.41) is 2.70. The van der Waals surface area contributed by atoms with Crippen LogP contribution >= 0.6 is 11.8 Å². The SMILES string of the molecule is CC/C=C(\S/C(=C/CC)NC(=O)c1ccc(OCCOC)cc1)C(F)(F)F. The maximum Gasteiger partial charge on any atom is 0.422 e. The van der Waals surface area contributed by atoms with Gasteiger partial charge in [0.2, 0.25) is 0 Å². The van der Waals surface area contributed by atoms with Gasteiger partial charge in [-0.15, -0.1) is 0 Å². The molecule has 0 saturated carbocycles. The van der Waals surface area contributed by atoms with E-state index >= 15 is 0 Å². The van der Waals surface area contributed by atoms with E-state index in [1.807, 2.05) is 0 Å². The van der Waals surface area contributed by atoms with Gasteiger partial charge in [0.15, 0.2) is 0 Å². The van der Waals surface area contributed by atoms with Crippen LogP contribution in [-0.2, 0) is 4.74 Å². The van der Waals surface area contributed by atoms with Crippen molar-refractivity contribution in [1.29, 1.82) is 0 Å². The molecule has 0 spiro atoms. The van der Waals surface area contributed by atoms with Gasteiger partial charge in [-0.3, -0.25) is 4.79 Å². The number of ether oxygens (including phenoxy) is 2. The Morgan fingerprint density at radius 3 is 2.26 bits per heavy atom. The number of amides is 1. The lowest BCUT2D eigenvalue weighted by Gasteiger charge is -2.15. The van der Waals surface area contributed by atoms with Gasteiger partial charge in [0.25, 0.3) is 5.91 Å². The summed E-state index contributed by atoms with van der Waals surface area (Å²) < 4.78 is 49.6. The molecule has 1 rings (SSSR count). The van der Waals surface area contributed by atoms with Crippen molar-refractivity contribution in [2.24, 2.45) is 0 Å². The molecular weight excluding hydrogens is 379 g/mol. The van der Waals surface area contributed by atoms with E-state index in [4.69, 9.17) is 9.47 Å². The van der Waals surface area contributed by atoms with Crippen LogP contribution in [0.2, 0.25) is 0 Å². The second kappa shape index (κ2) is 11.7.